The number of aryl methyl sites for hydroxylation is 2. The van der Waals surface area contributed by atoms with Crippen molar-refractivity contribution < 1.29 is 14.7 Å². The Morgan fingerprint density at radius 1 is 1.04 bits per heavy atom. The van der Waals surface area contributed by atoms with Crippen LogP contribution in [0.15, 0.2) is 30.3 Å². The van der Waals surface area contributed by atoms with E-state index < -0.39 is 5.97 Å². The molecular formula is C21H28N4O3. The Kier molecular flexibility index (Phi) is 6.16. The molecule has 150 valence electrons. The molecule has 7 nitrogen and oxygen atoms in total. The Bertz CT molecular complexity index is 847. The highest BCUT2D eigenvalue weighted by Crippen LogP contribution is 2.22. The molecule has 2 aromatic rings. The first-order valence-corrected chi connectivity index (χ1v) is 9.58. The van der Waals surface area contributed by atoms with Gasteiger partial charge in [0.1, 0.15) is 0 Å². The van der Waals surface area contributed by atoms with Crippen molar-refractivity contribution in [2.24, 2.45) is 0 Å². The van der Waals surface area contributed by atoms with Crippen molar-refractivity contribution in [3.05, 3.63) is 52.8 Å². The first kappa shape index (κ1) is 20.1. The molecule has 0 saturated carbocycles. The summed E-state index contributed by atoms with van der Waals surface area (Å²) < 4.78 is 1.87. The zero-order chi connectivity index (χ0) is 20.3. The quantitative estimate of drug-likeness (QED) is 0.794. The van der Waals surface area contributed by atoms with Gasteiger partial charge in [0.15, 0.2) is 0 Å². The smallest absolute Gasteiger partial charge is 0.337 e. The molecule has 1 saturated heterocycles. The van der Waals surface area contributed by atoms with Crippen molar-refractivity contribution in [3.63, 3.8) is 0 Å². The summed E-state index contributed by atoms with van der Waals surface area (Å²) in [6.45, 7) is 9.33. The highest BCUT2D eigenvalue weighted by atomic mass is 16.4. The maximum absolute atomic E-state index is 12.6. The summed E-state index contributed by atoms with van der Waals surface area (Å²) in [7, 11) is 2.12. The summed E-state index contributed by atoms with van der Waals surface area (Å²) in [5.41, 5.74) is 3.00. The minimum absolute atomic E-state index is 0.177. The minimum atomic E-state index is -1.01. The van der Waals surface area contributed by atoms with Crippen LogP contribution in [0.3, 0.4) is 0 Å². The number of amides is 1. The zero-order valence-corrected chi connectivity index (χ0v) is 16.7. The van der Waals surface area contributed by atoms with E-state index >= 15 is 0 Å². The van der Waals surface area contributed by atoms with Crippen molar-refractivity contribution in [1.82, 2.24) is 19.7 Å². The number of carbonyl (C=O) groups excluding carboxylic acids is 1. The van der Waals surface area contributed by atoms with Crippen molar-refractivity contribution in [2.45, 2.75) is 13.8 Å². The average molecular weight is 384 g/mol. The third kappa shape index (κ3) is 4.43. The number of hydrogen-bond acceptors (Lipinski definition) is 4. The predicted molar refractivity (Wildman–Crippen MR) is 108 cm³/mol. The maximum Gasteiger partial charge on any atom is 0.337 e. The van der Waals surface area contributed by atoms with Gasteiger partial charge in [-0.2, -0.15) is 0 Å². The van der Waals surface area contributed by atoms with Crippen LogP contribution in [-0.2, 0) is 0 Å². The molecule has 3 rings (SSSR count). The Morgan fingerprint density at radius 2 is 1.68 bits per heavy atom. The lowest BCUT2D eigenvalue weighted by molar-refractivity contribution is 0.0696. The summed E-state index contributed by atoms with van der Waals surface area (Å²) in [6, 6.07) is 8.61. The molecule has 1 amide bonds. The van der Waals surface area contributed by atoms with Gasteiger partial charge in [-0.25, -0.2) is 4.79 Å². The Balaban J connectivity index is 1.72. The topological polar surface area (TPSA) is 77.8 Å². The second kappa shape index (κ2) is 8.58. The first-order chi connectivity index (χ1) is 13.4. The summed E-state index contributed by atoms with van der Waals surface area (Å²) >= 11 is 0. The molecule has 1 aromatic heterocycles. The third-order valence-electron chi connectivity index (χ3n) is 5.31. The second-order valence-electron chi connectivity index (χ2n) is 7.39. The molecule has 1 aliphatic heterocycles. The number of benzene rings is 1. The molecule has 0 atom stereocenters. The fourth-order valence-corrected chi connectivity index (χ4v) is 3.59. The number of likely N-dealkylation sites (N-methyl/N-ethyl adjacent to an activating group) is 1. The van der Waals surface area contributed by atoms with Crippen LogP contribution in [0.1, 0.15) is 32.1 Å². The lowest BCUT2D eigenvalue weighted by atomic mass is 10.1. The molecule has 1 fully saturated rings. The number of aromatic carboxylic acids is 1. The maximum atomic E-state index is 12.6. The number of carboxylic acids is 1. The number of carbonyl (C=O) groups is 2. The van der Waals surface area contributed by atoms with E-state index in [0.717, 1.165) is 44.1 Å². The van der Waals surface area contributed by atoms with Gasteiger partial charge in [0, 0.05) is 56.2 Å². The van der Waals surface area contributed by atoms with Crippen LogP contribution in [-0.4, -0.2) is 77.7 Å². The SMILES string of the molecule is Cc1ccc(C)n1-c1cc(C(=O)NCCN2CCN(C)CC2)ccc1C(=O)O. The molecule has 0 radical (unpaired) electrons. The molecule has 7 heteroatoms. The van der Waals surface area contributed by atoms with Crippen LogP contribution in [0.2, 0.25) is 0 Å². The van der Waals surface area contributed by atoms with Gasteiger partial charge in [0.05, 0.1) is 11.3 Å². The minimum Gasteiger partial charge on any atom is -0.478 e. The van der Waals surface area contributed by atoms with E-state index in [1.807, 2.05) is 30.5 Å². The van der Waals surface area contributed by atoms with Gasteiger partial charge in [0.2, 0.25) is 0 Å². The number of nitrogens with zero attached hydrogens (tertiary/aromatic N) is 3. The fraction of sp³-hybridized carbons (Fsp3) is 0.429. The van der Waals surface area contributed by atoms with Crippen LogP contribution in [0.4, 0.5) is 0 Å². The summed E-state index contributed by atoms with van der Waals surface area (Å²) in [5.74, 6) is -1.20. The highest BCUT2D eigenvalue weighted by Gasteiger charge is 2.18. The number of hydrogen-bond donors (Lipinski definition) is 2. The zero-order valence-electron chi connectivity index (χ0n) is 16.7. The second-order valence-corrected chi connectivity index (χ2v) is 7.39. The van der Waals surface area contributed by atoms with Gasteiger partial charge in [0.25, 0.3) is 5.91 Å². The first-order valence-electron chi connectivity index (χ1n) is 9.58. The van der Waals surface area contributed by atoms with Gasteiger partial charge in [-0.15, -0.1) is 0 Å². The van der Waals surface area contributed by atoms with Crippen molar-refractivity contribution in [3.8, 4) is 5.69 Å². The molecule has 2 heterocycles. The van der Waals surface area contributed by atoms with Crippen molar-refractivity contribution in [1.29, 1.82) is 0 Å². The van der Waals surface area contributed by atoms with E-state index in [1.54, 1.807) is 12.1 Å². The largest absolute Gasteiger partial charge is 0.478 e. The standard InChI is InChI=1S/C21H28N4O3/c1-15-4-5-16(2)25(15)19-14-17(6-7-18(19)21(27)28)20(26)22-8-9-24-12-10-23(3)11-13-24/h4-7,14H,8-13H2,1-3H3,(H,22,26)(H,27,28). The van der Waals surface area contributed by atoms with Gasteiger partial charge < -0.3 is 19.9 Å². The van der Waals surface area contributed by atoms with Crippen LogP contribution < -0.4 is 5.32 Å². The monoisotopic (exact) mass is 384 g/mol. The fourth-order valence-electron chi connectivity index (χ4n) is 3.59. The molecule has 0 unspecified atom stereocenters. The predicted octanol–water partition coefficient (Wildman–Crippen LogP) is 1.77. The molecular weight excluding hydrogens is 356 g/mol. The number of nitrogens with one attached hydrogen (secondary N) is 1. The summed E-state index contributed by atoms with van der Waals surface area (Å²) in [5, 5.41) is 12.5. The molecule has 0 spiro atoms. The molecule has 0 aliphatic carbocycles. The molecule has 1 aromatic carbocycles. The van der Waals surface area contributed by atoms with E-state index in [4.69, 9.17) is 0 Å². The van der Waals surface area contributed by atoms with Gasteiger partial charge in [-0.1, -0.05) is 0 Å². The Morgan fingerprint density at radius 3 is 2.29 bits per heavy atom. The normalized spacial score (nSPS) is 15.5. The summed E-state index contributed by atoms with van der Waals surface area (Å²) in [6.07, 6.45) is 0. The van der Waals surface area contributed by atoms with E-state index in [-0.39, 0.29) is 11.5 Å². The van der Waals surface area contributed by atoms with Gasteiger partial charge >= 0.3 is 5.97 Å². The van der Waals surface area contributed by atoms with Crippen molar-refractivity contribution >= 4 is 11.9 Å². The lowest BCUT2D eigenvalue weighted by Crippen LogP contribution is -2.46. The number of piperazine rings is 1. The van der Waals surface area contributed by atoms with E-state index in [9.17, 15) is 14.7 Å². The number of rotatable bonds is 6. The van der Waals surface area contributed by atoms with Crippen LogP contribution in [0, 0.1) is 13.8 Å². The third-order valence-corrected chi connectivity index (χ3v) is 5.31. The van der Waals surface area contributed by atoms with E-state index in [1.165, 1.54) is 6.07 Å². The van der Waals surface area contributed by atoms with Crippen LogP contribution in [0.25, 0.3) is 5.69 Å². The van der Waals surface area contributed by atoms with Crippen molar-refractivity contribution in [2.75, 3.05) is 46.3 Å². The number of aromatic nitrogens is 1. The highest BCUT2D eigenvalue weighted by molar-refractivity contribution is 5.98. The molecule has 2 N–H and O–H groups in total. The molecule has 0 bridgehead atoms. The average Bonchev–Trinajstić information content (AvgIpc) is 3.01. The Hall–Kier alpha value is -2.64. The van der Waals surface area contributed by atoms with Gasteiger partial charge in [-0.3, -0.25) is 9.69 Å². The Labute approximate surface area is 165 Å². The molecule has 28 heavy (non-hydrogen) atoms. The van der Waals surface area contributed by atoms with E-state index in [2.05, 4.69) is 22.2 Å². The number of carboxylic acid groups (broad SMARTS) is 1. The molecule has 1 aliphatic rings. The lowest BCUT2D eigenvalue weighted by Gasteiger charge is -2.32. The van der Waals surface area contributed by atoms with E-state index in [0.29, 0.717) is 17.8 Å². The summed E-state index contributed by atoms with van der Waals surface area (Å²) in [4.78, 5) is 28.9. The van der Waals surface area contributed by atoms with Gasteiger partial charge in [-0.05, 0) is 51.2 Å². The van der Waals surface area contributed by atoms with Crippen LogP contribution in [0.5, 0.6) is 0 Å². The van der Waals surface area contributed by atoms with Crippen LogP contribution >= 0.6 is 0 Å².